The van der Waals surface area contributed by atoms with Crippen molar-refractivity contribution in [1.29, 1.82) is 0 Å². The molecular weight excluding hydrogens is 254 g/mol. The van der Waals surface area contributed by atoms with Gasteiger partial charge in [-0.1, -0.05) is 0 Å². The van der Waals surface area contributed by atoms with Crippen molar-refractivity contribution in [2.24, 2.45) is 10.7 Å². The summed E-state index contributed by atoms with van der Waals surface area (Å²) in [6.07, 6.45) is 0. The SMILES string of the molecule is Cc1cc(C)nc(Nc2ccc3c(c2)COC(N)=N3)n1. The highest BCUT2D eigenvalue weighted by molar-refractivity contribution is 5.78. The number of rotatable bonds is 2. The first kappa shape index (κ1) is 12.4. The van der Waals surface area contributed by atoms with Crippen LogP contribution >= 0.6 is 0 Å². The van der Waals surface area contributed by atoms with Crippen molar-refractivity contribution in [3.8, 4) is 0 Å². The number of anilines is 2. The van der Waals surface area contributed by atoms with Crippen LogP contribution in [-0.4, -0.2) is 16.0 Å². The number of nitrogens with two attached hydrogens (primary N) is 1. The summed E-state index contributed by atoms with van der Waals surface area (Å²) in [7, 11) is 0. The van der Waals surface area contributed by atoms with Crippen molar-refractivity contribution in [1.82, 2.24) is 9.97 Å². The number of aliphatic imine (C=N–C) groups is 1. The molecule has 0 saturated heterocycles. The van der Waals surface area contributed by atoms with Gasteiger partial charge in [-0.2, -0.15) is 4.99 Å². The molecule has 0 spiro atoms. The minimum absolute atomic E-state index is 0.204. The van der Waals surface area contributed by atoms with Crippen LogP contribution in [0.2, 0.25) is 0 Å². The lowest BCUT2D eigenvalue weighted by Gasteiger charge is -2.15. The van der Waals surface area contributed by atoms with Gasteiger partial charge >= 0.3 is 0 Å². The van der Waals surface area contributed by atoms with Crippen LogP contribution in [0.15, 0.2) is 29.3 Å². The molecule has 20 heavy (non-hydrogen) atoms. The minimum Gasteiger partial charge on any atom is -0.460 e. The second kappa shape index (κ2) is 4.80. The number of hydrogen-bond donors (Lipinski definition) is 2. The van der Waals surface area contributed by atoms with E-state index in [1.54, 1.807) is 0 Å². The van der Waals surface area contributed by atoms with Crippen LogP contribution in [0.25, 0.3) is 0 Å². The van der Waals surface area contributed by atoms with Gasteiger partial charge < -0.3 is 15.8 Å². The van der Waals surface area contributed by atoms with E-state index in [0.717, 1.165) is 28.3 Å². The molecule has 3 rings (SSSR count). The summed E-state index contributed by atoms with van der Waals surface area (Å²) in [6.45, 7) is 4.31. The molecule has 1 aliphatic rings. The Kier molecular flexibility index (Phi) is 2.98. The standard InChI is InChI=1S/C14H15N5O/c1-8-5-9(2)17-14(16-8)18-11-3-4-12-10(6-11)7-20-13(15)19-12/h3-6H,7H2,1-2H3,(H2,15,19)(H,16,17,18). The fraction of sp³-hybridized carbons (Fsp3) is 0.214. The van der Waals surface area contributed by atoms with Crippen molar-refractivity contribution < 1.29 is 4.74 Å². The summed E-state index contributed by atoms with van der Waals surface area (Å²) < 4.78 is 5.22. The Bertz CT molecular complexity index is 676. The number of fused-ring (bicyclic) bond motifs is 1. The molecule has 0 atom stereocenters. The van der Waals surface area contributed by atoms with E-state index in [1.807, 2.05) is 38.1 Å². The molecule has 1 aromatic heterocycles. The molecular formula is C14H15N5O. The Morgan fingerprint density at radius 1 is 1.15 bits per heavy atom. The van der Waals surface area contributed by atoms with Gasteiger partial charge in [0.2, 0.25) is 5.95 Å². The average Bonchev–Trinajstić information content (AvgIpc) is 2.38. The molecule has 1 aliphatic heterocycles. The highest BCUT2D eigenvalue weighted by Gasteiger charge is 2.11. The summed E-state index contributed by atoms with van der Waals surface area (Å²) in [5, 5.41) is 3.19. The number of ether oxygens (including phenoxy) is 1. The predicted octanol–water partition coefficient (Wildman–Crippen LogP) is 2.31. The Hall–Kier alpha value is -2.63. The zero-order valence-corrected chi connectivity index (χ0v) is 11.3. The van der Waals surface area contributed by atoms with Crippen molar-refractivity contribution in [2.45, 2.75) is 20.5 Å². The molecule has 0 unspecified atom stereocenters. The van der Waals surface area contributed by atoms with Crippen LogP contribution in [-0.2, 0) is 11.3 Å². The maximum absolute atomic E-state index is 5.54. The zero-order valence-electron chi connectivity index (χ0n) is 11.3. The summed E-state index contributed by atoms with van der Waals surface area (Å²) in [5.41, 5.74) is 10.1. The Morgan fingerprint density at radius 2 is 1.90 bits per heavy atom. The second-order valence-corrected chi connectivity index (χ2v) is 4.68. The third-order valence-corrected chi connectivity index (χ3v) is 2.92. The van der Waals surface area contributed by atoms with E-state index in [-0.39, 0.29) is 6.02 Å². The summed E-state index contributed by atoms with van der Waals surface area (Å²) in [4.78, 5) is 12.8. The Balaban J connectivity index is 1.88. The minimum atomic E-state index is 0.204. The van der Waals surface area contributed by atoms with Crippen LogP contribution in [0.4, 0.5) is 17.3 Å². The van der Waals surface area contributed by atoms with Crippen LogP contribution in [0.1, 0.15) is 17.0 Å². The van der Waals surface area contributed by atoms with Crippen molar-refractivity contribution >= 4 is 23.3 Å². The van der Waals surface area contributed by atoms with Crippen LogP contribution < -0.4 is 11.1 Å². The van der Waals surface area contributed by atoms with E-state index >= 15 is 0 Å². The molecule has 0 radical (unpaired) electrons. The fourth-order valence-corrected chi connectivity index (χ4v) is 2.10. The van der Waals surface area contributed by atoms with E-state index < -0.39 is 0 Å². The molecule has 0 bridgehead atoms. The largest absolute Gasteiger partial charge is 0.460 e. The van der Waals surface area contributed by atoms with Gasteiger partial charge in [0.05, 0.1) is 5.69 Å². The fourth-order valence-electron chi connectivity index (χ4n) is 2.10. The quantitative estimate of drug-likeness (QED) is 0.873. The monoisotopic (exact) mass is 269 g/mol. The van der Waals surface area contributed by atoms with Crippen molar-refractivity contribution in [3.05, 3.63) is 41.2 Å². The van der Waals surface area contributed by atoms with E-state index in [4.69, 9.17) is 10.5 Å². The topological polar surface area (TPSA) is 85.4 Å². The highest BCUT2D eigenvalue weighted by Crippen LogP contribution is 2.27. The van der Waals surface area contributed by atoms with Gasteiger partial charge in [0.25, 0.3) is 6.02 Å². The lowest BCUT2D eigenvalue weighted by molar-refractivity contribution is 0.282. The van der Waals surface area contributed by atoms with Gasteiger partial charge in [-0.25, -0.2) is 9.97 Å². The lowest BCUT2D eigenvalue weighted by atomic mass is 10.1. The van der Waals surface area contributed by atoms with Crippen molar-refractivity contribution in [3.63, 3.8) is 0 Å². The zero-order chi connectivity index (χ0) is 14.1. The van der Waals surface area contributed by atoms with Gasteiger partial charge in [-0.15, -0.1) is 0 Å². The van der Waals surface area contributed by atoms with Gasteiger partial charge in [-0.05, 0) is 38.1 Å². The van der Waals surface area contributed by atoms with Crippen LogP contribution in [0.5, 0.6) is 0 Å². The van der Waals surface area contributed by atoms with Crippen molar-refractivity contribution in [2.75, 3.05) is 5.32 Å². The van der Waals surface area contributed by atoms with E-state index in [2.05, 4.69) is 20.3 Å². The van der Waals surface area contributed by atoms with E-state index in [9.17, 15) is 0 Å². The van der Waals surface area contributed by atoms with Crippen LogP contribution in [0, 0.1) is 13.8 Å². The number of amidine groups is 1. The maximum Gasteiger partial charge on any atom is 0.287 e. The van der Waals surface area contributed by atoms with Crippen LogP contribution in [0.3, 0.4) is 0 Å². The molecule has 102 valence electrons. The third-order valence-electron chi connectivity index (χ3n) is 2.92. The number of benzene rings is 1. The normalized spacial score (nSPS) is 13.2. The molecule has 6 heteroatoms. The highest BCUT2D eigenvalue weighted by atomic mass is 16.5. The summed E-state index contributed by atoms with van der Waals surface area (Å²) >= 11 is 0. The van der Waals surface area contributed by atoms with Gasteiger partial charge in [-0.3, -0.25) is 0 Å². The number of nitrogens with zero attached hydrogens (tertiary/aromatic N) is 3. The molecule has 0 saturated carbocycles. The first-order valence-corrected chi connectivity index (χ1v) is 6.29. The second-order valence-electron chi connectivity index (χ2n) is 4.68. The first-order valence-electron chi connectivity index (χ1n) is 6.29. The molecule has 0 amide bonds. The Labute approximate surface area is 116 Å². The predicted molar refractivity (Wildman–Crippen MR) is 77.3 cm³/mol. The van der Waals surface area contributed by atoms with Gasteiger partial charge in [0, 0.05) is 22.6 Å². The molecule has 6 nitrogen and oxygen atoms in total. The lowest BCUT2D eigenvalue weighted by Crippen LogP contribution is -2.18. The Morgan fingerprint density at radius 3 is 2.65 bits per heavy atom. The number of aromatic nitrogens is 2. The number of aryl methyl sites for hydroxylation is 2. The molecule has 2 heterocycles. The van der Waals surface area contributed by atoms with Gasteiger partial charge in [0.15, 0.2) is 0 Å². The van der Waals surface area contributed by atoms with Gasteiger partial charge in [0.1, 0.15) is 6.61 Å². The average molecular weight is 269 g/mol. The van der Waals surface area contributed by atoms with E-state index in [1.165, 1.54) is 0 Å². The third kappa shape index (κ3) is 2.54. The maximum atomic E-state index is 5.54. The number of nitrogens with one attached hydrogen (secondary N) is 1. The molecule has 3 N–H and O–H groups in total. The molecule has 2 aromatic rings. The smallest absolute Gasteiger partial charge is 0.287 e. The molecule has 1 aromatic carbocycles. The first-order chi connectivity index (χ1) is 9.60. The number of hydrogen-bond acceptors (Lipinski definition) is 6. The summed E-state index contributed by atoms with van der Waals surface area (Å²) in [5.74, 6) is 0.585. The van der Waals surface area contributed by atoms with E-state index in [0.29, 0.717) is 12.6 Å². The molecule has 0 aliphatic carbocycles. The summed E-state index contributed by atoms with van der Waals surface area (Å²) in [6, 6.07) is 7.92. The molecule has 0 fully saturated rings.